The second-order valence-corrected chi connectivity index (χ2v) is 4.80. The van der Waals surface area contributed by atoms with E-state index in [0.717, 1.165) is 0 Å². The zero-order chi connectivity index (χ0) is 15.1. The van der Waals surface area contributed by atoms with Gasteiger partial charge in [0, 0.05) is 12.6 Å². The SMILES string of the molecule is FSOc1ccc(Cl)c(Cl)c1.O=C(O)C1CCNC1=O. The Hall–Kier alpha value is -1.18. The first-order valence-corrected chi connectivity index (χ1v) is 6.76. The monoisotopic (exact) mass is 341 g/mol. The van der Waals surface area contributed by atoms with Gasteiger partial charge in [-0.05, 0) is 18.6 Å². The van der Waals surface area contributed by atoms with Crippen molar-refractivity contribution >= 4 is 47.5 Å². The van der Waals surface area contributed by atoms with Crippen LogP contribution in [0.15, 0.2) is 18.2 Å². The van der Waals surface area contributed by atoms with E-state index in [2.05, 4.69) is 9.50 Å². The molecule has 0 bridgehead atoms. The molecule has 0 radical (unpaired) electrons. The fourth-order valence-corrected chi connectivity index (χ4v) is 1.86. The highest BCUT2D eigenvalue weighted by atomic mass is 35.5. The van der Waals surface area contributed by atoms with Crippen molar-refractivity contribution in [2.45, 2.75) is 6.42 Å². The lowest BCUT2D eigenvalue weighted by atomic mass is 10.1. The van der Waals surface area contributed by atoms with Gasteiger partial charge >= 0.3 is 5.97 Å². The lowest BCUT2D eigenvalue weighted by molar-refractivity contribution is -0.145. The molecule has 1 aliphatic heterocycles. The summed E-state index contributed by atoms with van der Waals surface area (Å²) >= 11 is 11.0. The maximum atomic E-state index is 11.5. The summed E-state index contributed by atoms with van der Waals surface area (Å²) in [6.45, 7) is 0.496. The molecule has 1 aliphatic rings. The Bertz CT molecular complexity index is 503. The maximum absolute atomic E-state index is 11.5. The van der Waals surface area contributed by atoms with Crippen LogP contribution in [0.25, 0.3) is 0 Å². The van der Waals surface area contributed by atoms with E-state index in [1.54, 1.807) is 0 Å². The predicted molar refractivity (Wildman–Crippen MR) is 74.5 cm³/mol. The second kappa shape index (κ2) is 8.18. The van der Waals surface area contributed by atoms with Gasteiger partial charge in [-0.1, -0.05) is 23.2 Å². The van der Waals surface area contributed by atoms with Crippen LogP contribution in [0.3, 0.4) is 0 Å². The lowest BCUT2D eigenvalue weighted by Gasteiger charge is -1.98. The van der Waals surface area contributed by atoms with Gasteiger partial charge in [0.25, 0.3) is 12.4 Å². The molecule has 1 amide bonds. The van der Waals surface area contributed by atoms with Gasteiger partial charge in [-0.25, -0.2) is 0 Å². The third-order valence-electron chi connectivity index (χ3n) is 2.37. The van der Waals surface area contributed by atoms with Gasteiger partial charge < -0.3 is 14.6 Å². The molecule has 1 unspecified atom stereocenters. The fourth-order valence-electron chi connectivity index (χ4n) is 1.39. The highest BCUT2D eigenvalue weighted by Crippen LogP contribution is 2.27. The minimum atomic E-state index is -1.02. The third kappa shape index (κ3) is 5.07. The van der Waals surface area contributed by atoms with Crippen molar-refractivity contribution in [1.82, 2.24) is 5.32 Å². The highest BCUT2D eigenvalue weighted by molar-refractivity contribution is 7.89. The summed E-state index contributed by atoms with van der Waals surface area (Å²) in [6, 6.07) is 4.51. The number of aliphatic carboxylic acids is 1. The third-order valence-corrected chi connectivity index (χ3v) is 3.36. The molecule has 110 valence electrons. The molecule has 9 heteroatoms. The lowest BCUT2D eigenvalue weighted by Crippen LogP contribution is -2.24. The molecular weight excluding hydrogens is 332 g/mol. The van der Waals surface area contributed by atoms with Crippen LogP contribution in [-0.4, -0.2) is 23.5 Å². The van der Waals surface area contributed by atoms with Crippen LogP contribution in [0, 0.1) is 5.92 Å². The first kappa shape index (κ1) is 16.9. The van der Waals surface area contributed by atoms with Gasteiger partial charge in [0.1, 0.15) is 11.7 Å². The molecule has 0 aliphatic carbocycles. The van der Waals surface area contributed by atoms with Gasteiger partial charge in [0.2, 0.25) is 5.91 Å². The van der Waals surface area contributed by atoms with E-state index < -0.39 is 11.9 Å². The van der Waals surface area contributed by atoms with Crippen molar-refractivity contribution in [3.05, 3.63) is 28.2 Å². The van der Waals surface area contributed by atoms with Crippen molar-refractivity contribution in [3.63, 3.8) is 0 Å². The quantitative estimate of drug-likeness (QED) is 0.652. The van der Waals surface area contributed by atoms with Crippen LogP contribution < -0.4 is 9.50 Å². The number of amides is 1. The molecule has 1 heterocycles. The molecule has 2 N–H and O–H groups in total. The van der Waals surface area contributed by atoms with E-state index in [4.69, 9.17) is 28.3 Å². The summed E-state index contributed by atoms with van der Waals surface area (Å²) in [7, 11) is 0. The maximum Gasteiger partial charge on any atom is 0.316 e. The molecule has 1 atom stereocenters. The van der Waals surface area contributed by atoms with Gasteiger partial charge in [0.05, 0.1) is 10.0 Å². The Morgan fingerprint density at radius 2 is 2.15 bits per heavy atom. The number of carbonyl (C=O) groups excluding carboxylic acids is 1. The van der Waals surface area contributed by atoms with E-state index in [-0.39, 0.29) is 18.3 Å². The minimum Gasteiger partial charge on any atom is -0.481 e. The second-order valence-electron chi connectivity index (χ2n) is 3.69. The molecule has 5 nitrogen and oxygen atoms in total. The van der Waals surface area contributed by atoms with Crippen LogP contribution in [0.5, 0.6) is 5.75 Å². The number of halogens is 3. The van der Waals surface area contributed by atoms with Gasteiger partial charge in [-0.15, -0.1) is 3.89 Å². The number of rotatable bonds is 3. The number of carboxylic acids is 1. The Kier molecular flexibility index (Phi) is 6.90. The average Bonchev–Trinajstić information content (AvgIpc) is 2.82. The van der Waals surface area contributed by atoms with Crippen molar-refractivity contribution in [1.29, 1.82) is 0 Å². The van der Waals surface area contributed by atoms with E-state index in [9.17, 15) is 13.5 Å². The summed E-state index contributed by atoms with van der Waals surface area (Å²) < 4.78 is 16.0. The van der Waals surface area contributed by atoms with Crippen LogP contribution in [0.4, 0.5) is 3.89 Å². The normalized spacial score (nSPS) is 16.9. The Labute approximate surface area is 128 Å². The van der Waals surface area contributed by atoms with E-state index in [1.807, 2.05) is 0 Å². The van der Waals surface area contributed by atoms with Crippen LogP contribution in [0.1, 0.15) is 6.42 Å². The van der Waals surface area contributed by atoms with Crippen LogP contribution in [-0.2, 0) is 9.59 Å². The predicted octanol–water partition coefficient (Wildman–Crippen LogP) is 3.11. The smallest absolute Gasteiger partial charge is 0.316 e. The molecule has 0 aromatic heterocycles. The van der Waals surface area contributed by atoms with Crippen molar-refractivity contribution in [3.8, 4) is 5.75 Å². The number of nitrogens with one attached hydrogen (secondary N) is 1. The molecule has 1 fully saturated rings. The summed E-state index contributed by atoms with van der Waals surface area (Å²) in [4.78, 5) is 20.7. The molecule has 1 aromatic rings. The summed E-state index contributed by atoms with van der Waals surface area (Å²) in [5, 5.41) is 11.5. The van der Waals surface area contributed by atoms with Crippen molar-refractivity contribution < 1.29 is 22.8 Å². The first-order valence-electron chi connectivity index (χ1n) is 5.36. The first-order chi connectivity index (χ1) is 9.45. The number of hydrogen-bond donors (Lipinski definition) is 2. The van der Waals surface area contributed by atoms with Gasteiger partial charge in [-0.2, -0.15) is 0 Å². The Morgan fingerprint density at radius 3 is 2.55 bits per heavy atom. The summed E-state index contributed by atoms with van der Waals surface area (Å²) in [5.41, 5.74) is 0. The fraction of sp³-hybridized carbons (Fsp3) is 0.273. The molecule has 1 aromatic carbocycles. The van der Waals surface area contributed by atoms with Gasteiger partial charge in [0.15, 0.2) is 0 Å². The van der Waals surface area contributed by atoms with E-state index in [0.29, 0.717) is 28.8 Å². The molecule has 0 spiro atoms. The number of hydrogen-bond acceptors (Lipinski definition) is 4. The number of carboxylic acid groups (broad SMARTS) is 1. The zero-order valence-electron chi connectivity index (χ0n) is 9.94. The standard InChI is InChI=1S/C6H3Cl2FOS.C5H7NO3/c7-5-2-1-4(10-11-9)3-6(5)8;7-4-3(5(8)9)1-2-6-4/h1-3H;3H,1-2H2,(H,6,7)(H,8,9). The summed E-state index contributed by atoms with van der Waals surface area (Å²) in [6.07, 6.45) is 0.425. The number of carbonyl (C=O) groups is 2. The van der Waals surface area contributed by atoms with Gasteiger partial charge in [-0.3, -0.25) is 9.59 Å². The molecule has 1 saturated heterocycles. The average molecular weight is 342 g/mol. The topological polar surface area (TPSA) is 75.6 Å². The number of benzene rings is 1. The van der Waals surface area contributed by atoms with Crippen LogP contribution >= 0.6 is 35.6 Å². The van der Waals surface area contributed by atoms with Crippen molar-refractivity contribution in [2.75, 3.05) is 6.54 Å². The minimum absolute atomic E-state index is 0.232. The largest absolute Gasteiger partial charge is 0.481 e. The highest BCUT2D eigenvalue weighted by Gasteiger charge is 2.30. The summed E-state index contributed by atoms with van der Waals surface area (Å²) in [5.74, 6) is -1.84. The zero-order valence-corrected chi connectivity index (χ0v) is 12.3. The molecule has 0 saturated carbocycles. The Balaban J connectivity index is 0.000000204. The molecule has 20 heavy (non-hydrogen) atoms. The molecular formula is C11H10Cl2FNO4S. The van der Waals surface area contributed by atoms with E-state index in [1.165, 1.54) is 18.2 Å². The molecule has 2 rings (SSSR count). The van der Waals surface area contributed by atoms with Crippen molar-refractivity contribution in [2.24, 2.45) is 5.92 Å². The Morgan fingerprint density at radius 1 is 1.45 bits per heavy atom. The van der Waals surface area contributed by atoms with E-state index >= 15 is 0 Å². The van der Waals surface area contributed by atoms with Crippen LogP contribution in [0.2, 0.25) is 10.0 Å².